The molecule has 2 aromatic carbocycles. The topological polar surface area (TPSA) is 24.7 Å². The second-order valence-electron chi connectivity index (χ2n) is 8.47. The molecule has 0 heterocycles. The Kier molecular flexibility index (Phi) is 14.9. The molecule has 0 aliphatic heterocycles. The number of para-hydroxylation sites is 1. The number of rotatable bonds is 14. The van der Waals surface area contributed by atoms with Crippen molar-refractivity contribution in [3.8, 4) is 0 Å². The van der Waals surface area contributed by atoms with Crippen LogP contribution in [0.5, 0.6) is 0 Å². The predicted molar refractivity (Wildman–Crippen MR) is 139 cm³/mol. The molecule has 0 saturated heterocycles. The Morgan fingerprint density at radius 2 is 1.19 bits per heavy atom. The van der Waals surface area contributed by atoms with Gasteiger partial charge in [0.1, 0.15) is 0 Å². The normalized spacial score (nSPS) is 12.0. The molecule has 0 aromatic heterocycles. The third kappa shape index (κ3) is 9.82. The minimum atomic E-state index is 0. The number of aryl methyl sites for hydroxylation is 2. The van der Waals surface area contributed by atoms with Crippen molar-refractivity contribution in [2.45, 2.75) is 98.3 Å². The number of aliphatic imine (C=N–C) groups is 2. The molecule has 0 amide bonds. The molecular weight excluding hydrogens is 435 g/mol. The molecule has 2 rings (SSSR count). The summed E-state index contributed by atoms with van der Waals surface area (Å²) in [6, 6.07) is 17.2. The van der Waals surface area contributed by atoms with Crippen LogP contribution in [-0.2, 0) is 29.3 Å². The van der Waals surface area contributed by atoms with Gasteiger partial charge < -0.3 is 0 Å². The van der Waals surface area contributed by atoms with Crippen LogP contribution in [0.25, 0.3) is 0 Å². The van der Waals surface area contributed by atoms with Crippen molar-refractivity contribution in [1.29, 1.82) is 0 Å². The third-order valence-electron chi connectivity index (χ3n) is 5.63. The van der Waals surface area contributed by atoms with Crippen molar-refractivity contribution < 1.29 is 16.5 Å². The van der Waals surface area contributed by atoms with Crippen LogP contribution in [0.4, 0.5) is 11.4 Å². The first-order chi connectivity index (χ1) is 15.2. The van der Waals surface area contributed by atoms with Gasteiger partial charge in [-0.1, -0.05) is 84.1 Å². The molecule has 0 spiro atoms. The maximum Gasteiger partial charge on any atom is 0.0636 e. The van der Waals surface area contributed by atoms with Gasteiger partial charge in [0.2, 0.25) is 0 Å². The number of nitrogens with zero attached hydrogens (tertiary/aromatic N) is 2. The van der Waals surface area contributed by atoms with Crippen molar-refractivity contribution in [2.24, 2.45) is 9.98 Å². The van der Waals surface area contributed by atoms with Gasteiger partial charge >= 0.3 is 0 Å². The van der Waals surface area contributed by atoms with Gasteiger partial charge in [0, 0.05) is 16.5 Å². The Morgan fingerprint density at radius 1 is 0.594 bits per heavy atom. The summed E-state index contributed by atoms with van der Waals surface area (Å²) in [4.78, 5) is 10.3. The van der Waals surface area contributed by atoms with E-state index in [9.17, 15) is 0 Å². The predicted octanol–water partition coefficient (Wildman–Crippen LogP) is 9.20. The Labute approximate surface area is 207 Å². The molecule has 2 nitrogen and oxygen atoms in total. The second kappa shape index (κ2) is 16.8. The van der Waals surface area contributed by atoms with Gasteiger partial charge in [-0.3, -0.25) is 9.98 Å². The summed E-state index contributed by atoms with van der Waals surface area (Å²) in [5, 5.41) is 0. The summed E-state index contributed by atoms with van der Waals surface area (Å²) in [5.74, 6) is 0. The van der Waals surface area contributed by atoms with Crippen LogP contribution >= 0.6 is 0 Å². The Hall–Kier alpha value is -1.73. The van der Waals surface area contributed by atoms with Crippen LogP contribution in [-0.4, -0.2) is 11.4 Å². The average molecular weight is 477 g/mol. The zero-order valence-corrected chi connectivity index (χ0v) is 21.6. The fourth-order valence-corrected chi connectivity index (χ4v) is 3.93. The summed E-state index contributed by atoms with van der Waals surface area (Å²) in [6.45, 7) is 9.03. The minimum absolute atomic E-state index is 0. The first kappa shape index (κ1) is 28.3. The number of unbranched alkanes of at least 4 members (excludes halogenated alkanes) is 3. The standard InChI is InChI=1S/C29H42N2.Ni/c1-5-9-12-20-29(30-26-17-13-11-14-18-26)28(19-10-6-2)31-27-22-21-24(15-7-3)25(23-27)16-8-4;/h11,13-14,17-18,21-23H,5-10,12,15-16,19-20H2,1-4H3;. The van der Waals surface area contributed by atoms with E-state index in [1.165, 1.54) is 61.1 Å². The first-order valence-corrected chi connectivity index (χ1v) is 12.5. The van der Waals surface area contributed by atoms with Crippen LogP contribution in [0, 0.1) is 0 Å². The van der Waals surface area contributed by atoms with Crippen molar-refractivity contribution in [1.82, 2.24) is 0 Å². The molecule has 3 heteroatoms. The van der Waals surface area contributed by atoms with E-state index in [1.54, 1.807) is 0 Å². The molecule has 32 heavy (non-hydrogen) atoms. The van der Waals surface area contributed by atoms with E-state index in [0.29, 0.717) is 0 Å². The monoisotopic (exact) mass is 476 g/mol. The van der Waals surface area contributed by atoms with Crippen LogP contribution < -0.4 is 0 Å². The maximum atomic E-state index is 5.20. The molecule has 0 fully saturated rings. The van der Waals surface area contributed by atoms with Crippen LogP contribution in [0.2, 0.25) is 0 Å². The first-order valence-electron chi connectivity index (χ1n) is 12.5. The third-order valence-corrected chi connectivity index (χ3v) is 5.63. The Balaban J connectivity index is 0.00000512. The Bertz CT molecular complexity index is 824. The molecule has 0 radical (unpaired) electrons. The fourth-order valence-electron chi connectivity index (χ4n) is 3.93. The van der Waals surface area contributed by atoms with E-state index >= 15 is 0 Å². The van der Waals surface area contributed by atoms with Gasteiger partial charge in [-0.2, -0.15) is 0 Å². The van der Waals surface area contributed by atoms with Gasteiger partial charge in [-0.05, 0) is 73.9 Å². The summed E-state index contributed by atoms with van der Waals surface area (Å²) in [7, 11) is 0. The molecule has 0 bridgehead atoms. The molecule has 0 aliphatic rings. The summed E-state index contributed by atoms with van der Waals surface area (Å²) >= 11 is 0. The number of benzene rings is 2. The van der Waals surface area contributed by atoms with E-state index in [-0.39, 0.29) is 16.5 Å². The van der Waals surface area contributed by atoms with Crippen molar-refractivity contribution in [2.75, 3.05) is 0 Å². The minimum Gasteiger partial charge on any atom is -0.252 e. The number of hydrogen-bond acceptors (Lipinski definition) is 2. The van der Waals surface area contributed by atoms with E-state index < -0.39 is 0 Å². The molecule has 0 saturated carbocycles. The SMILES string of the molecule is CCCCCC(=Nc1ccccc1)C(CCCC)=Nc1ccc(CCC)c(CCC)c1.[Ni]. The molecule has 178 valence electrons. The zero-order chi connectivity index (χ0) is 22.3. The van der Waals surface area contributed by atoms with Gasteiger partial charge in [-0.25, -0.2) is 0 Å². The fraction of sp³-hybridized carbons (Fsp3) is 0.517. The van der Waals surface area contributed by atoms with E-state index in [1.807, 2.05) is 0 Å². The summed E-state index contributed by atoms with van der Waals surface area (Å²) < 4.78 is 0. The molecular formula is C29H42N2Ni. The molecule has 2 aromatic rings. The molecule has 0 aliphatic carbocycles. The summed E-state index contributed by atoms with van der Waals surface area (Å²) in [5.41, 5.74) is 7.41. The van der Waals surface area contributed by atoms with Gasteiger partial charge in [0.25, 0.3) is 0 Å². The molecule has 0 atom stereocenters. The largest absolute Gasteiger partial charge is 0.252 e. The van der Waals surface area contributed by atoms with E-state index in [0.717, 1.165) is 43.5 Å². The van der Waals surface area contributed by atoms with E-state index in [2.05, 4.69) is 76.2 Å². The quantitative estimate of drug-likeness (QED) is 0.147. The van der Waals surface area contributed by atoms with Gasteiger partial charge in [0.15, 0.2) is 0 Å². The average Bonchev–Trinajstić information content (AvgIpc) is 2.79. The smallest absolute Gasteiger partial charge is 0.0636 e. The van der Waals surface area contributed by atoms with Crippen LogP contribution in [0.1, 0.15) is 96.6 Å². The van der Waals surface area contributed by atoms with Gasteiger partial charge in [-0.15, -0.1) is 0 Å². The van der Waals surface area contributed by atoms with Gasteiger partial charge in [0.05, 0.1) is 22.8 Å². The Morgan fingerprint density at radius 3 is 1.81 bits per heavy atom. The van der Waals surface area contributed by atoms with Crippen molar-refractivity contribution in [3.05, 3.63) is 59.7 Å². The van der Waals surface area contributed by atoms with Crippen LogP contribution in [0.3, 0.4) is 0 Å². The van der Waals surface area contributed by atoms with Crippen molar-refractivity contribution >= 4 is 22.8 Å². The van der Waals surface area contributed by atoms with E-state index in [4.69, 9.17) is 9.98 Å². The number of hydrogen-bond donors (Lipinski definition) is 0. The molecule has 0 N–H and O–H groups in total. The second-order valence-corrected chi connectivity index (χ2v) is 8.47. The van der Waals surface area contributed by atoms with Crippen molar-refractivity contribution in [3.63, 3.8) is 0 Å². The molecule has 0 unspecified atom stereocenters. The maximum absolute atomic E-state index is 5.20. The zero-order valence-electron chi connectivity index (χ0n) is 20.6. The van der Waals surface area contributed by atoms with Crippen LogP contribution in [0.15, 0.2) is 58.5 Å². The summed E-state index contributed by atoms with van der Waals surface area (Å²) in [6.07, 6.45) is 12.6.